The van der Waals surface area contributed by atoms with Gasteiger partial charge in [-0.1, -0.05) is 40.5 Å². The molecule has 4 aliphatic rings. The van der Waals surface area contributed by atoms with Gasteiger partial charge in [-0.25, -0.2) is 0 Å². The molecule has 0 spiro atoms. The van der Waals surface area contributed by atoms with Crippen LogP contribution in [0.4, 0.5) is 0 Å². The van der Waals surface area contributed by atoms with Gasteiger partial charge in [-0.15, -0.1) is 0 Å². The second-order valence-corrected chi connectivity index (χ2v) is 10.5. The number of ketones is 1. The van der Waals surface area contributed by atoms with Crippen molar-refractivity contribution in [3.05, 3.63) is 69.9 Å². The Bertz CT molecular complexity index is 1200. The molecule has 0 saturated heterocycles. The van der Waals surface area contributed by atoms with E-state index in [0.29, 0.717) is 27.8 Å². The number of fused-ring (bicyclic) bond motifs is 1. The first-order valence-electron chi connectivity index (χ1n) is 10.7. The fourth-order valence-electron chi connectivity index (χ4n) is 5.83. The molecular weight excluding hydrogens is 449 g/mol. The molecule has 7 heteroatoms. The van der Waals surface area contributed by atoms with Gasteiger partial charge < -0.3 is 14.4 Å². The van der Waals surface area contributed by atoms with Crippen LogP contribution in [0, 0.1) is 5.41 Å². The van der Waals surface area contributed by atoms with E-state index < -0.39 is 12.2 Å². The minimum atomic E-state index is -0.744. The molecule has 2 bridgehead atoms. The number of halogens is 2. The highest BCUT2D eigenvalue weighted by Gasteiger charge is 2.70. The van der Waals surface area contributed by atoms with Gasteiger partial charge in [-0.2, -0.15) is 0 Å². The fraction of sp³-hybridized carbons (Fsp3) is 0.360. The molecule has 1 aromatic heterocycles. The predicted octanol–water partition coefficient (Wildman–Crippen LogP) is 5.91. The van der Waals surface area contributed by atoms with E-state index >= 15 is 0 Å². The zero-order valence-electron chi connectivity index (χ0n) is 17.2. The molecule has 1 N–H and O–H groups in total. The molecule has 2 heterocycles. The minimum absolute atomic E-state index is 0.00571. The van der Waals surface area contributed by atoms with Crippen LogP contribution in [-0.2, 0) is 10.2 Å². The second-order valence-electron chi connectivity index (χ2n) is 9.58. The second kappa shape index (κ2) is 7.08. The van der Waals surface area contributed by atoms with Crippen molar-refractivity contribution < 1.29 is 19.2 Å². The van der Waals surface area contributed by atoms with Crippen molar-refractivity contribution >= 4 is 29.0 Å². The first-order chi connectivity index (χ1) is 15.3. The Balaban J connectivity index is 1.10. The Labute approximate surface area is 195 Å². The van der Waals surface area contributed by atoms with Crippen LogP contribution in [0.1, 0.15) is 49.5 Å². The van der Waals surface area contributed by atoms with Gasteiger partial charge in [0, 0.05) is 45.5 Å². The number of hydrogen-bond acceptors (Lipinski definition) is 5. The maximum atomic E-state index is 13.0. The molecule has 2 atom stereocenters. The van der Waals surface area contributed by atoms with Gasteiger partial charge in [0.15, 0.2) is 11.9 Å². The van der Waals surface area contributed by atoms with Crippen LogP contribution in [0.2, 0.25) is 10.0 Å². The van der Waals surface area contributed by atoms with Crippen LogP contribution in [0.15, 0.2) is 53.1 Å². The number of carbonyl (C=O) groups is 1. The summed E-state index contributed by atoms with van der Waals surface area (Å²) in [7, 11) is 0. The van der Waals surface area contributed by atoms with Gasteiger partial charge in [0.2, 0.25) is 0 Å². The third kappa shape index (κ3) is 3.18. The number of aliphatic hydroxyl groups excluding tert-OH is 1. The smallest absolute Gasteiger partial charge is 0.173 e. The standard InChI is InChI=1S/C25H21Cl2NO4/c26-15-3-1-14(2-4-15)18-8-23(32-28-18)25-11-24(12-25,13-25)10-20(30)22-9-19(29)17-7-16(27)5-6-21(17)31-22/h1-8,19,22,29H,9-13H2/t19-,22-,24?,25?/m1/s1. The third-order valence-electron chi connectivity index (χ3n) is 7.26. The Hall–Kier alpha value is -2.34. The van der Waals surface area contributed by atoms with Crippen molar-refractivity contribution in [3.8, 4) is 17.0 Å². The van der Waals surface area contributed by atoms with Gasteiger partial charge in [-0.3, -0.25) is 4.79 Å². The summed E-state index contributed by atoms with van der Waals surface area (Å²) in [5.41, 5.74) is 2.42. The van der Waals surface area contributed by atoms with Crippen molar-refractivity contribution in [2.45, 2.75) is 49.7 Å². The van der Waals surface area contributed by atoms with Crippen LogP contribution in [0.25, 0.3) is 11.3 Å². The van der Waals surface area contributed by atoms with Crippen molar-refractivity contribution in [1.82, 2.24) is 5.16 Å². The molecule has 7 rings (SSSR count). The number of Topliss-reactive ketones (excluding diaryl/α,β-unsaturated/α-hetero) is 1. The molecule has 3 aromatic rings. The van der Waals surface area contributed by atoms with E-state index in [9.17, 15) is 9.90 Å². The lowest BCUT2D eigenvalue weighted by Crippen LogP contribution is -2.65. The van der Waals surface area contributed by atoms with E-state index in [1.165, 1.54) is 0 Å². The molecule has 5 nitrogen and oxygen atoms in total. The highest BCUT2D eigenvalue weighted by Crippen LogP contribution is 2.75. The van der Waals surface area contributed by atoms with Crippen molar-refractivity contribution in [2.75, 3.05) is 0 Å². The Morgan fingerprint density at radius 2 is 1.78 bits per heavy atom. The number of ether oxygens (including phenoxy) is 1. The summed E-state index contributed by atoms with van der Waals surface area (Å²) in [5, 5.41) is 15.9. The Morgan fingerprint density at radius 1 is 1.06 bits per heavy atom. The molecule has 3 aliphatic carbocycles. The van der Waals surface area contributed by atoms with Gasteiger partial charge in [-0.05, 0) is 55.0 Å². The van der Waals surface area contributed by atoms with E-state index in [2.05, 4.69) is 5.16 Å². The molecule has 0 amide bonds. The molecule has 2 aromatic carbocycles. The molecule has 3 fully saturated rings. The summed E-state index contributed by atoms with van der Waals surface area (Å²) >= 11 is 12.0. The van der Waals surface area contributed by atoms with Crippen LogP contribution < -0.4 is 4.74 Å². The Kier molecular flexibility index (Phi) is 4.49. The lowest BCUT2D eigenvalue weighted by Gasteiger charge is -2.69. The number of rotatable bonds is 5. The number of aromatic nitrogens is 1. The number of aliphatic hydroxyl groups is 1. The number of benzene rings is 2. The van der Waals surface area contributed by atoms with Crippen molar-refractivity contribution in [1.29, 1.82) is 0 Å². The van der Waals surface area contributed by atoms with Gasteiger partial charge >= 0.3 is 0 Å². The summed E-state index contributed by atoms with van der Waals surface area (Å²) in [6.07, 6.45) is 2.12. The van der Waals surface area contributed by atoms with E-state index in [0.717, 1.165) is 36.3 Å². The SMILES string of the molecule is O=C(CC12CC(c3cc(-c4ccc(Cl)cc4)no3)(C1)C2)[C@H]1C[C@@H](O)c2cc(Cl)ccc2O1. The largest absolute Gasteiger partial charge is 0.482 e. The normalized spacial score (nSPS) is 30.0. The highest BCUT2D eigenvalue weighted by molar-refractivity contribution is 6.31. The lowest BCUT2D eigenvalue weighted by molar-refractivity contribution is -0.170. The van der Waals surface area contributed by atoms with Gasteiger partial charge in [0.1, 0.15) is 17.2 Å². The summed E-state index contributed by atoms with van der Waals surface area (Å²) in [6.45, 7) is 0. The van der Waals surface area contributed by atoms with Crippen LogP contribution in [-0.4, -0.2) is 22.2 Å². The first-order valence-corrected chi connectivity index (χ1v) is 11.5. The predicted molar refractivity (Wildman–Crippen MR) is 120 cm³/mol. The van der Waals surface area contributed by atoms with Gasteiger partial charge in [0.05, 0.1) is 6.10 Å². The maximum absolute atomic E-state index is 13.0. The average molecular weight is 470 g/mol. The summed E-state index contributed by atoms with van der Waals surface area (Å²) in [5.74, 6) is 1.49. The van der Waals surface area contributed by atoms with Crippen LogP contribution >= 0.6 is 23.2 Å². The minimum Gasteiger partial charge on any atom is -0.482 e. The highest BCUT2D eigenvalue weighted by atomic mass is 35.5. The van der Waals surface area contributed by atoms with Crippen molar-refractivity contribution in [2.24, 2.45) is 5.41 Å². The molecule has 32 heavy (non-hydrogen) atoms. The molecule has 3 saturated carbocycles. The molecular formula is C25H21Cl2NO4. The summed E-state index contributed by atoms with van der Waals surface area (Å²) < 4.78 is 11.6. The van der Waals surface area contributed by atoms with Gasteiger partial charge in [0.25, 0.3) is 0 Å². The quantitative estimate of drug-likeness (QED) is 0.502. The van der Waals surface area contributed by atoms with Crippen LogP contribution in [0.5, 0.6) is 5.75 Å². The van der Waals surface area contributed by atoms with E-state index in [-0.39, 0.29) is 23.0 Å². The number of nitrogens with zero attached hydrogens (tertiary/aromatic N) is 1. The topological polar surface area (TPSA) is 72.6 Å². The zero-order chi connectivity index (χ0) is 22.1. The first kappa shape index (κ1) is 20.3. The number of carbonyl (C=O) groups excluding carboxylic acids is 1. The fourth-order valence-corrected chi connectivity index (χ4v) is 6.13. The molecule has 1 aliphatic heterocycles. The van der Waals surface area contributed by atoms with E-state index in [1.807, 2.05) is 30.3 Å². The number of hydrogen-bond donors (Lipinski definition) is 1. The maximum Gasteiger partial charge on any atom is 0.173 e. The van der Waals surface area contributed by atoms with Crippen molar-refractivity contribution in [3.63, 3.8) is 0 Å². The molecule has 0 unspecified atom stereocenters. The van der Waals surface area contributed by atoms with E-state index in [4.69, 9.17) is 32.5 Å². The molecule has 164 valence electrons. The summed E-state index contributed by atoms with van der Waals surface area (Å²) in [6, 6.07) is 14.7. The summed E-state index contributed by atoms with van der Waals surface area (Å²) in [4.78, 5) is 13.0. The zero-order valence-corrected chi connectivity index (χ0v) is 18.7. The van der Waals surface area contributed by atoms with E-state index in [1.54, 1.807) is 18.2 Å². The lowest BCUT2D eigenvalue weighted by atomic mass is 9.33. The average Bonchev–Trinajstić information content (AvgIpc) is 3.20. The van der Waals surface area contributed by atoms with Crippen LogP contribution in [0.3, 0.4) is 0 Å². The monoisotopic (exact) mass is 469 g/mol. The molecule has 0 radical (unpaired) electrons. The Morgan fingerprint density at radius 3 is 2.53 bits per heavy atom. The third-order valence-corrected chi connectivity index (χ3v) is 7.75.